The zero-order valence-electron chi connectivity index (χ0n) is 14.6. The van der Waals surface area contributed by atoms with Gasteiger partial charge in [0.05, 0.1) is 13.0 Å². The number of nitrogens with one attached hydrogen (secondary N) is 1. The van der Waals surface area contributed by atoms with Gasteiger partial charge in [-0.2, -0.15) is 0 Å². The second-order valence-electron chi connectivity index (χ2n) is 6.12. The summed E-state index contributed by atoms with van der Waals surface area (Å²) in [6, 6.07) is 6.49. The van der Waals surface area contributed by atoms with E-state index in [-0.39, 0.29) is 11.9 Å². The Morgan fingerprint density at radius 1 is 1.35 bits per heavy atom. The number of esters is 1. The van der Waals surface area contributed by atoms with E-state index in [2.05, 4.69) is 47.3 Å². The maximum Gasteiger partial charge on any atom is 0.308 e. The summed E-state index contributed by atoms with van der Waals surface area (Å²) in [5, 5.41) is 3.43. The van der Waals surface area contributed by atoms with Crippen LogP contribution in [-0.2, 0) is 16.1 Å². The average Bonchev–Trinajstić information content (AvgIpc) is 2.57. The highest BCUT2D eigenvalue weighted by atomic mass is 16.5. The second kappa shape index (κ2) is 7.99. The fourth-order valence-electron chi connectivity index (χ4n) is 3.04. The minimum Gasteiger partial charge on any atom is -0.469 e. The van der Waals surface area contributed by atoms with Gasteiger partial charge in [0.1, 0.15) is 0 Å². The third kappa shape index (κ3) is 4.47. The Labute approximate surface area is 138 Å². The van der Waals surface area contributed by atoms with E-state index in [0.717, 1.165) is 38.4 Å². The molecule has 2 rings (SSSR count). The number of carbonyl (C=O) groups is 1. The van der Waals surface area contributed by atoms with E-state index in [1.165, 1.54) is 23.8 Å². The molecule has 5 heteroatoms. The average molecular weight is 317 g/mol. The predicted molar refractivity (Wildman–Crippen MR) is 92.4 cm³/mol. The molecule has 1 fully saturated rings. The van der Waals surface area contributed by atoms with Gasteiger partial charge in [0, 0.05) is 26.7 Å². The Morgan fingerprint density at radius 2 is 2.04 bits per heavy atom. The lowest BCUT2D eigenvalue weighted by molar-refractivity contribution is -0.146. The van der Waals surface area contributed by atoms with Crippen molar-refractivity contribution in [3.05, 3.63) is 34.9 Å². The molecule has 1 heterocycles. The maximum absolute atomic E-state index is 11.6. The molecule has 1 N–H and O–H groups in total. The van der Waals surface area contributed by atoms with E-state index >= 15 is 0 Å². The molecule has 0 unspecified atom stereocenters. The third-order valence-corrected chi connectivity index (χ3v) is 4.48. The van der Waals surface area contributed by atoms with Gasteiger partial charge in [-0.25, -0.2) is 0 Å². The maximum atomic E-state index is 11.6. The van der Waals surface area contributed by atoms with E-state index in [1.54, 1.807) is 7.05 Å². The normalized spacial score (nSPS) is 16.3. The molecule has 1 aliphatic rings. The molecular weight excluding hydrogens is 290 g/mol. The van der Waals surface area contributed by atoms with Gasteiger partial charge in [-0.15, -0.1) is 0 Å². The zero-order chi connectivity index (χ0) is 16.8. The van der Waals surface area contributed by atoms with Crippen LogP contribution in [0.15, 0.2) is 23.2 Å². The van der Waals surface area contributed by atoms with Crippen molar-refractivity contribution in [2.45, 2.75) is 33.2 Å². The third-order valence-electron chi connectivity index (χ3n) is 4.48. The van der Waals surface area contributed by atoms with Crippen molar-refractivity contribution in [3.63, 3.8) is 0 Å². The molecule has 1 aromatic carbocycles. The van der Waals surface area contributed by atoms with E-state index in [9.17, 15) is 4.79 Å². The fraction of sp³-hybridized carbons (Fsp3) is 0.556. The number of ether oxygens (including phenoxy) is 1. The topological polar surface area (TPSA) is 53.9 Å². The first kappa shape index (κ1) is 17.3. The summed E-state index contributed by atoms with van der Waals surface area (Å²) in [5.41, 5.74) is 3.85. The van der Waals surface area contributed by atoms with E-state index in [4.69, 9.17) is 4.74 Å². The lowest BCUT2D eigenvalue weighted by atomic mass is 9.97. The van der Waals surface area contributed by atoms with Crippen LogP contribution in [0.4, 0.5) is 0 Å². The molecule has 5 nitrogen and oxygen atoms in total. The molecule has 1 aromatic rings. The van der Waals surface area contributed by atoms with Crippen molar-refractivity contribution in [2.24, 2.45) is 10.9 Å². The highest BCUT2D eigenvalue weighted by Gasteiger charge is 2.26. The van der Waals surface area contributed by atoms with Crippen LogP contribution < -0.4 is 5.32 Å². The first-order valence-corrected chi connectivity index (χ1v) is 8.14. The van der Waals surface area contributed by atoms with Gasteiger partial charge in [0.15, 0.2) is 5.96 Å². The van der Waals surface area contributed by atoms with Crippen molar-refractivity contribution in [1.82, 2.24) is 10.2 Å². The molecular formula is C18H27N3O2. The molecule has 126 valence electrons. The lowest BCUT2D eigenvalue weighted by Crippen LogP contribution is -2.46. The summed E-state index contributed by atoms with van der Waals surface area (Å²) in [7, 11) is 3.26. The quantitative estimate of drug-likeness (QED) is 0.528. The standard InChI is InChI=1S/C18H27N3O2/c1-13-5-6-16(14(2)11-13)12-20-18(19-3)21-9-7-15(8-10-21)17(22)23-4/h5-6,11,15H,7-10,12H2,1-4H3,(H,19,20). The van der Waals surface area contributed by atoms with E-state index in [1.807, 2.05) is 0 Å². The molecule has 0 bridgehead atoms. The van der Waals surface area contributed by atoms with E-state index in [0.29, 0.717) is 0 Å². The molecule has 1 aliphatic heterocycles. The number of guanidine groups is 1. The van der Waals surface area contributed by atoms with Crippen molar-refractivity contribution in [2.75, 3.05) is 27.2 Å². The van der Waals surface area contributed by atoms with Crippen LogP contribution in [0.25, 0.3) is 0 Å². The Hall–Kier alpha value is -2.04. The van der Waals surface area contributed by atoms with Gasteiger partial charge in [-0.3, -0.25) is 9.79 Å². The monoisotopic (exact) mass is 317 g/mol. The van der Waals surface area contributed by atoms with Crippen LogP contribution in [0.1, 0.15) is 29.5 Å². The van der Waals surface area contributed by atoms with Crippen LogP contribution >= 0.6 is 0 Å². The number of rotatable bonds is 3. The first-order chi connectivity index (χ1) is 11.0. The number of benzene rings is 1. The highest BCUT2D eigenvalue weighted by molar-refractivity contribution is 5.80. The summed E-state index contributed by atoms with van der Waals surface area (Å²) in [6.45, 7) is 6.65. The SMILES string of the molecule is CN=C(NCc1ccc(C)cc1C)N1CCC(C(=O)OC)CC1. The summed E-state index contributed by atoms with van der Waals surface area (Å²) >= 11 is 0. The van der Waals surface area contributed by atoms with Gasteiger partial charge >= 0.3 is 5.97 Å². The van der Waals surface area contributed by atoms with E-state index < -0.39 is 0 Å². The smallest absolute Gasteiger partial charge is 0.308 e. The number of likely N-dealkylation sites (tertiary alicyclic amines) is 1. The first-order valence-electron chi connectivity index (χ1n) is 8.14. The molecule has 0 aromatic heterocycles. The summed E-state index contributed by atoms with van der Waals surface area (Å²) in [6.07, 6.45) is 1.63. The van der Waals surface area contributed by atoms with Crippen molar-refractivity contribution >= 4 is 11.9 Å². The van der Waals surface area contributed by atoms with Crippen molar-refractivity contribution in [1.29, 1.82) is 0 Å². The number of hydrogen-bond acceptors (Lipinski definition) is 3. The molecule has 0 atom stereocenters. The highest BCUT2D eigenvalue weighted by Crippen LogP contribution is 2.18. The van der Waals surface area contributed by atoms with Crippen LogP contribution in [0, 0.1) is 19.8 Å². The van der Waals surface area contributed by atoms with Crippen LogP contribution in [0.2, 0.25) is 0 Å². The number of nitrogens with zero attached hydrogens (tertiary/aromatic N) is 2. The Bertz CT molecular complexity index is 576. The van der Waals surface area contributed by atoms with Gasteiger partial charge in [-0.1, -0.05) is 23.8 Å². The molecule has 0 aliphatic carbocycles. The minimum atomic E-state index is -0.0946. The van der Waals surface area contributed by atoms with Gasteiger partial charge in [-0.05, 0) is 37.8 Å². The molecule has 0 spiro atoms. The Balaban J connectivity index is 1.90. The van der Waals surface area contributed by atoms with Crippen molar-refractivity contribution < 1.29 is 9.53 Å². The fourth-order valence-corrected chi connectivity index (χ4v) is 3.04. The molecule has 0 amide bonds. The Kier molecular flexibility index (Phi) is 6.02. The number of piperidine rings is 1. The predicted octanol–water partition coefficient (Wildman–Crippen LogP) is 2.26. The van der Waals surface area contributed by atoms with Crippen LogP contribution in [0.5, 0.6) is 0 Å². The number of aliphatic imine (C=N–C) groups is 1. The number of aryl methyl sites for hydroxylation is 2. The summed E-state index contributed by atoms with van der Waals surface area (Å²) in [4.78, 5) is 18.2. The van der Waals surface area contributed by atoms with Gasteiger partial charge in [0.25, 0.3) is 0 Å². The second-order valence-corrected chi connectivity index (χ2v) is 6.12. The number of methoxy groups -OCH3 is 1. The summed E-state index contributed by atoms with van der Waals surface area (Å²) < 4.78 is 4.84. The van der Waals surface area contributed by atoms with Gasteiger partial charge < -0.3 is 15.0 Å². The van der Waals surface area contributed by atoms with Crippen LogP contribution in [-0.4, -0.2) is 44.1 Å². The number of carbonyl (C=O) groups excluding carboxylic acids is 1. The zero-order valence-corrected chi connectivity index (χ0v) is 14.6. The molecule has 0 radical (unpaired) electrons. The Morgan fingerprint density at radius 3 is 2.61 bits per heavy atom. The lowest BCUT2D eigenvalue weighted by Gasteiger charge is -2.33. The van der Waals surface area contributed by atoms with Crippen molar-refractivity contribution in [3.8, 4) is 0 Å². The minimum absolute atomic E-state index is 0.0219. The molecule has 0 saturated carbocycles. The largest absolute Gasteiger partial charge is 0.469 e. The molecule has 23 heavy (non-hydrogen) atoms. The summed E-state index contributed by atoms with van der Waals surface area (Å²) in [5.74, 6) is 0.824. The molecule has 1 saturated heterocycles. The van der Waals surface area contributed by atoms with Gasteiger partial charge in [0.2, 0.25) is 0 Å². The van der Waals surface area contributed by atoms with Crippen LogP contribution in [0.3, 0.4) is 0 Å². The number of hydrogen-bond donors (Lipinski definition) is 1.